The molecule has 0 amide bonds. The van der Waals surface area contributed by atoms with Gasteiger partial charge in [0, 0.05) is 12.2 Å². The van der Waals surface area contributed by atoms with Gasteiger partial charge in [-0.15, -0.1) is 0 Å². The zero-order valence-corrected chi connectivity index (χ0v) is 14.5. The van der Waals surface area contributed by atoms with Crippen molar-refractivity contribution in [3.8, 4) is 0 Å². The van der Waals surface area contributed by atoms with Gasteiger partial charge < -0.3 is 14.2 Å². The molecule has 0 spiro atoms. The standard InChI is InChI=1S/C21H26O3/c1-3-22-13-14-23-15-16-24-17-21(19-7-5-4-6-8-19)20-11-9-18(2)10-12-20/h4-12,17H,3,13-16H2,1-2H3/b21-17-. The topological polar surface area (TPSA) is 27.7 Å². The minimum Gasteiger partial charge on any atom is -0.498 e. The molecule has 0 unspecified atom stereocenters. The first-order valence-electron chi connectivity index (χ1n) is 8.41. The van der Waals surface area contributed by atoms with Crippen LogP contribution in [0.25, 0.3) is 5.57 Å². The van der Waals surface area contributed by atoms with Crippen molar-refractivity contribution in [1.82, 2.24) is 0 Å². The van der Waals surface area contributed by atoms with E-state index in [4.69, 9.17) is 14.2 Å². The molecule has 0 saturated heterocycles. The van der Waals surface area contributed by atoms with Crippen LogP contribution in [0.2, 0.25) is 0 Å². The lowest BCUT2D eigenvalue weighted by molar-refractivity contribution is 0.0343. The van der Waals surface area contributed by atoms with Crippen molar-refractivity contribution in [2.75, 3.05) is 33.0 Å². The first kappa shape index (κ1) is 18.2. The zero-order chi connectivity index (χ0) is 17.0. The maximum absolute atomic E-state index is 5.71. The SMILES string of the molecule is CCOCCOCCO/C=C(/c1ccccc1)c1ccc(C)cc1. The minimum atomic E-state index is 0.522. The van der Waals surface area contributed by atoms with Gasteiger partial charge in [0.25, 0.3) is 0 Å². The van der Waals surface area contributed by atoms with Crippen molar-refractivity contribution in [1.29, 1.82) is 0 Å². The third-order valence-electron chi connectivity index (χ3n) is 3.57. The summed E-state index contributed by atoms with van der Waals surface area (Å²) in [5.41, 5.74) is 4.60. The summed E-state index contributed by atoms with van der Waals surface area (Å²) in [4.78, 5) is 0. The summed E-state index contributed by atoms with van der Waals surface area (Å²) in [6.07, 6.45) is 1.83. The maximum atomic E-state index is 5.71. The van der Waals surface area contributed by atoms with Gasteiger partial charge in [-0.1, -0.05) is 60.2 Å². The van der Waals surface area contributed by atoms with E-state index in [1.165, 1.54) is 5.56 Å². The number of rotatable bonds is 10. The Kier molecular flexibility index (Phi) is 8.08. The highest BCUT2D eigenvalue weighted by molar-refractivity contribution is 5.79. The van der Waals surface area contributed by atoms with E-state index >= 15 is 0 Å². The van der Waals surface area contributed by atoms with Gasteiger partial charge >= 0.3 is 0 Å². The molecule has 3 heteroatoms. The molecule has 3 nitrogen and oxygen atoms in total. The van der Waals surface area contributed by atoms with E-state index in [1.54, 1.807) is 0 Å². The molecule has 128 valence electrons. The van der Waals surface area contributed by atoms with E-state index in [0.717, 1.165) is 23.3 Å². The normalized spacial score (nSPS) is 11.5. The Morgan fingerprint density at radius 2 is 1.42 bits per heavy atom. The van der Waals surface area contributed by atoms with Gasteiger partial charge in [-0.3, -0.25) is 0 Å². The van der Waals surface area contributed by atoms with Crippen LogP contribution in [0.5, 0.6) is 0 Å². The average Bonchev–Trinajstić information content (AvgIpc) is 2.62. The number of hydrogen-bond donors (Lipinski definition) is 0. The molecular weight excluding hydrogens is 300 g/mol. The smallest absolute Gasteiger partial charge is 0.111 e. The first-order chi connectivity index (χ1) is 11.8. The molecule has 0 aliphatic carbocycles. The number of hydrogen-bond acceptors (Lipinski definition) is 3. The van der Waals surface area contributed by atoms with Gasteiger partial charge in [0.2, 0.25) is 0 Å². The van der Waals surface area contributed by atoms with Crippen LogP contribution in [-0.2, 0) is 14.2 Å². The Labute approximate surface area is 144 Å². The molecule has 2 aromatic carbocycles. The zero-order valence-electron chi connectivity index (χ0n) is 14.5. The summed E-state index contributed by atoms with van der Waals surface area (Å²) in [6, 6.07) is 18.7. The molecule has 2 aromatic rings. The Hall–Kier alpha value is -2.10. The molecule has 0 heterocycles. The fraction of sp³-hybridized carbons (Fsp3) is 0.333. The van der Waals surface area contributed by atoms with E-state index in [9.17, 15) is 0 Å². The van der Waals surface area contributed by atoms with Crippen LogP contribution >= 0.6 is 0 Å². The molecule has 2 rings (SSSR count). The van der Waals surface area contributed by atoms with E-state index in [-0.39, 0.29) is 0 Å². The Balaban J connectivity index is 1.95. The molecule has 0 aliphatic rings. The summed E-state index contributed by atoms with van der Waals surface area (Å²) in [5.74, 6) is 0. The van der Waals surface area contributed by atoms with Crippen molar-refractivity contribution in [2.24, 2.45) is 0 Å². The molecule has 0 aliphatic heterocycles. The van der Waals surface area contributed by atoms with Gasteiger partial charge in [0.15, 0.2) is 0 Å². The predicted octanol–water partition coefficient (Wildman–Crippen LogP) is 4.45. The number of aryl methyl sites for hydroxylation is 1. The largest absolute Gasteiger partial charge is 0.498 e. The summed E-state index contributed by atoms with van der Waals surface area (Å²) < 4.78 is 16.4. The van der Waals surface area contributed by atoms with Crippen LogP contribution in [0.4, 0.5) is 0 Å². The Morgan fingerprint density at radius 1 is 0.792 bits per heavy atom. The van der Waals surface area contributed by atoms with Gasteiger partial charge in [-0.05, 0) is 25.0 Å². The Bertz CT molecular complexity index is 603. The maximum Gasteiger partial charge on any atom is 0.111 e. The van der Waals surface area contributed by atoms with Crippen molar-refractivity contribution in [3.63, 3.8) is 0 Å². The first-order valence-corrected chi connectivity index (χ1v) is 8.41. The van der Waals surface area contributed by atoms with Crippen molar-refractivity contribution >= 4 is 5.57 Å². The van der Waals surface area contributed by atoms with Gasteiger partial charge in [0.1, 0.15) is 6.61 Å². The fourth-order valence-electron chi connectivity index (χ4n) is 2.27. The van der Waals surface area contributed by atoms with Crippen LogP contribution in [0, 0.1) is 6.92 Å². The van der Waals surface area contributed by atoms with Crippen molar-refractivity contribution in [2.45, 2.75) is 13.8 Å². The predicted molar refractivity (Wildman–Crippen MR) is 98.0 cm³/mol. The lowest BCUT2D eigenvalue weighted by Gasteiger charge is -2.10. The third-order valence-corrected chi connectivity index (χ3v) is 3.57. The Morgan fingerprint density at radius 3 is 2.12 bits per heavy atom. The number of ether oxygens (including phenoxy) is 3. The second-order valence-corrected chi connectivity index (χ2v) is 5.44. The van der Waals surface area contributed by atoms with Gasteiger partial charge in [-0.2, -0.15) is 0 Å². The number of benzene rings is 2. The van der Waals surface area contributed by atoms with Crippen LogP contribution in [-0.4, -0.2) is 33.0 Å². The second-order valence-electron chi connectivity index (χ2n) is 5.44. The highest BCUT2D eigenvalue weighted by Gasteiger charge is 2.05. The minimum absolute atomic E-state index is 0.522. The van der Waals surface area contributed by atoms with Gasteiger partial charge in [0.05, 0.1) is 26.1 Å². The summed E-state index contributed by atoms with van der Waals surface area (Å²) in [6.45, 7) is 7.10. The van der Waals surface area contributed by atoms with E-state index in [1.807, 2.05) is 31.4 Å². The molecule has 0 radical (unpaired) electrons. The third kappa shape index (κ3) is 6.19. The lowest BCUT2D eigenvalue weighted by Crippen LogP contribution is -2.08. The summed E-state index contributed by atoms with van der Waals surface area (Å²) in [7, 11) is 0. The van der Waals surface area contributed by atoms with E-state index in [2.05, 4.69) is 43.3 Å². The molecule has 0 bridgehead atoms. The van der Waals surface area contributed by atoms with Crippen molar-refractivity contribution in [3.05, 3.63) is 77.5 Å². The van der Waals surface area contributed by atoms with Crippen LogP contribution in [0.1, 0.15) is 23.6 Å². The second kappa shape index (κ2) is 10.6. The quantitative estimate of drug-likeness (QED) is 0.477. The molecule has 0 aromatic heterocycles. The molecule has 0 saturated carbocycles. The molecule has 0 N–H and O–H groups in total. The monoisotopic (exact) mass is 326 g/mol. The van der Waals surface area contributed by atoms with Crippen molar-refractivity contribution < 1.29 is 14.2 Å². The molecule has 24 heavy (non-hydrogen) atoms. The lowest BCUT2D eigenvalue weighted by atomic mass is 9.98. The van der Waals surface area contributed by atoms with E-state index < -0.39 is 0 Å². The van der Waals surface area contributed by atoms with Gasteiger partial charge in [-0.25, -0.2) is 0 Å². The highest BCUT2D eigenvalue weighted by atomic mass is 16.5. The van der Waals surface area contributed by atoms with E-state index in [0.29, 0.717) is 26.4 Å². The summed E-state index contributed by atoms with van der Waals surface area (Å²) >= 11 is 0. The van der Waals surface area contributed by atoms with Crippen LogP contribution in [0.3, 0.4) is 0 Å². The fourth-order valence-corrected chi connectivity index (χ4v) is 2.27. The highest BCUT2D eigenvalue weighted by Crippen LogP contribution is 2.23. The van der Waals surface area contributed by atoms with Crippen LogP contribution in [0.15, 0.2) is 60.9 Å². The average molecular weight is 326 g/mol. The molecule has 0 atom stereocenters. The molecule has 0 fully saturated rings. The molecular formula is C21H26O3. The summed E-state index contributed by atoms with van der Waals surface area (Å²) in [5, 5.41) is 0. The van der Waals surface area contributed by atoms with Crippen LogP contribution < -0.4 is 0 Å².